The molecule has 0 spiro atoms. The Balaban J connectivity index is 1.84. The summed E-state index contributed by atoms with van der Waals surface area (Å²) in [4.78, 5) is 24.2. The second-order valence-electron chi connectivity index (χ2n) is 5.79. The van der Waals surface area contributed by atoms with Gasteiger partial charge in [-0.05, 0) is 31.6 Å². The molecule has 24 heavy (non-hydrogen) atoms. The first-order valence-electron chi connectivity index (χ1n) is 7.37. The maximum Gasteiger partial charge on any atom is 0.346 e. The monoisotopic (exact) mass is 367 g/mol. The molecule has 1 aromatic rings. The number of rotatable bonds is 3. The topological polar surface area (TPSA) is 71.0 Å². The van der Waals surface area contributed by atoms with Crippen LogP contribution in [0.15, 0.2) is 22.8 Å². The Bertz CT molecular complexity index is 791. The van der Waals surface area contributed by atoms with Gasteiger partial charge in [0.05, 0.1) is 11.2 Å². The lowest BCUT2D eigenvalue weighted by molar-refractivity contribution is -0.130. The number of carbonyl (C=O) groups excluding carboxylic acids is 2. The molecule has 8 heteroatoms. The lowest BCUT2D eigenvalue weighted by Gasteiger charge is -2.18. The Labute approximate surface area is 149 Å². The minimum atomic E-state index is -0.917. The van der Waals surface area contributed by atoms with Crippen molar-refractivity contribution < 1.29 is 14.3 Å². The van der Waals surface area contributed by atoms with Gasteiger partial charge in [0.2, 0.25) is 0 Å². The summed E-state index contributed by atoms with van der Waals surface area (Å²) in [7, 11) is 0. The van der Waals surface area contributed by atoms with Crippen molar-refractivity contribution >= 4 is 47.4 Å². The highest BCUT2D eigenvalue weighted by molar-refractivity contribution is 6.36. The molecule has 0 aliphatic carbocycles. The van der Waals surface area contributed by atoms with Crippen LogP contribution in [-0.2, 0) is 4.79 Å². The van der Waals surface area contributed by atoms with Crippen molar-refractivity contribution in [3.05, 3.63) is 33.3 Å². The van der Waals surface area contributed by atoms with Gasteiger partial charge >= 0.3 is 6.03 Å². The van der Waals surface area contributed by atoms with Crippen LogP contribution in [0.25, 0.3) is 6.08 Å². The van der Waals surface area contributed by atoms with E-state index in [2.05, 4.69) is 10.4 Å². The molecule has 2 heterocycles. The van der Waals surface area contributed by atoms with E-state index < -0.39 is 11.6 Å². The van der Waals surface area contributed by atoms with Crippen LogP contribution in [0.3, 0.4) is 0 Å². The maximum absolute atomic E-state index is 12.3. The van der Waals surface area contributed by atoms with Crippen LogP contribution in [0.1, 0.15) is 25.8 Å². The lowest BCUT2D eigenvalue weighted by atomic mass is 10.00. The number of nitrogens with zero attached hydrogens (tertiary/aromatic N) is 2. The average molecular weight is 368 g/mol. The van der Waals surface area contributed by atoms with Gasteiger partial charge in [0, 0.05) is 16.2 Å². The zero-order valence-electron chi connectivity index (χ0n) is 13.1. The van der Waals surface area contributed by atoms with E-state index in [1.54, 1.807) is 25.1 Å². The molecular weight excluding hydrogens is 353 g/mol. The first-order chi connectivity index (χ1) is 11.3. The van der Waals surface area contributed by atoms with Crippen LogP contribution in [-0.4, -0.2) is 35.3 Å². The molecule has 6 nitrogen and oxygen atoms in total. The van der Waals surface area contributed by atoms with Crippen molar-refractivity contribution in [3.63, 3.8) is 0 Å². The van der Waals surface area contributed by atoms with Crippen molar-refractivity contribution in [3.8, 4) is 5.75 Å². The number of amides is 3. The number of nitrogens with one attached hydrogen (secondary N) is 1. The zero-order valence-corrected chi connectivity index (χ0v) is 14.6. The summed E-state index contributed by atoms with van der Waals surface area (Å²) in [6.45, 7) is 3.73. The van der Waals surface area contributed by atoms with Gasteiger partial charge in [-0.1, -0.05) is 30.1 Å². The number of halogens is 2. The Morgan fingerprint density at radius 2 is 2.17 bits per heavy atom. The molecule has 1 aromatic carbocycles. The second-order valence-corrected chi connectivity index (χ2v) is 6.63. The van der Waals surface area contributed by atoms with E-state index in [9.17, 15) is 9.59 Å². The van der Waals surface area contributed by atoms with Gasteiger partial charge in [0.25, 0.3) is 5.91 Å². The molecule has 2 aliphatic rings. The normalized spacial score (nSPS) is 23.2. The third-order valence-electron chi connectivity index (χ3n) is 4.05. The van der Waals surface area contributed by atoms with E-state index in [0.717, 1.165) is 10.6 Å². The Kier molecular flexibility index (Phi) is 4.27. The van der Waals surface area contributed by atoms with Crippen molar-refractivity contribution in [2.75, 3.05) is 6.61 Å². The highest BCUT2D eigenvalue weighted by Crippen LogP contribution is 2.36. The average Bonchev–Trinajstić information content (AvgIpc) is 2.75. The molecular formula is C16H15Cl2N3O3. The number of hydrogen-bond acceptors (Lipinski definition) is 4. The van der Waals surface area contributed by atoms with E-state index in [-0.39, 0.29) is 12.5 Å². The van der Waals surface area contributed by atoms with Gasteiger partial charge in [-0.25, -0.2) is 4.79 Å². The molecule has 1 saturated heterocycles. The summed E-state index contributed by atoms with van der Waals surface area (Å²) in [5, 5.41) is 8.40. The zero-order chi connectivity index (χ0) is 17.5. The van der Waals surface area contributed by atoms with Crippen LogP contribution in [0, 0.1) is 0 Å². The summed E-state index contributed by atoms with van der Waals surface area (Å²) >= 11 is 12.1. The second kappa shape index (κ2) is 6.11. The smallest absolute Gasteiger partial charge is 0.346 e. The number of imide groups is 1. The summed E-state index contributed by atoms with van der Waals surface area (Å²) in [6, 6.07) is 2.79. The lowest BCUT2D eigenvalue weighted by Crippen LogP contribution is -2.42. The van der Waals surface area contributed by atoms with Crippen LogP contribution in [0.2, 0.25) is 10.0 Å². The molecule has 3 amide bonds. The summed E-state index contributed by atoms with van der Waals surface area (Å²) in [6.07, 6.45) is 3.72. The highest BCUT2D eigenvalue weighted by atomic mass is 35.5. The fraction of sp³-hybridized carbons (Fsp3) is 0.312. The summed E-state index contributed by atoms with van der Waals surface area (Å²) in [5.41, 5.74) is 0.488. The molecule has 1 N–H and O–H groups in total. The van der Waals surface area contributed by atoms with E-state index >= 15 is 0 Å². The van der Waals surface area contributed by atoms with E-state index in [4.69, 9.17) is 27.9 Å². The van der Waals surface area contributed by atoms with Gasteiger partial charge in [0.15, 0.2) is 0 Å². The number of carbonyl (C=O) groups is 2. The van der Waals surface area contributed by atoms with Crippen LogP contribution < -0.4 is 10.1 Å². The maximum atomic E-state index is 12.3. The van der Waals surface area contributed by atoms with Gasteiger partial charge in [0.1, 0.15) is 17.9 Å². The predicted octanol–water partition coefficient (Wildman–Crippen LogP) is 3.48. The number of urea groups is 1. The fourth-order valence-corrected chi connectivity index (χ4v) is 3.02. The van der Waals surface area contributed by atoms with Gasteiger partial charge < -0.3 is 10.1 Å². The predicted molar refractivity (Wildman–Crippen MR) is 92.5 cm³/mol. The van der Waals surface area contributed by atoms with Crippen LogP contribution in [0.4, 0.5) is 4.79 Å². The standard InChI is InChI=1S/C16H15Cl2N3O3/c1-3-16(2)14(22)21(15(23)20-16)19-7-9-4-10-5-11(17)6-12(18)13(10)24-8-9/h4-7H,3,8H2,1-2H3,(H,20,23)/b19-7-. The van der Waals surface area contributed by atoms with Crippen molar-refractivity contribution in [1.29, 1.82) is 0 Å². The van der Waals surface area contributed by atoms with Gasteiger partial charge in [-0.2, -0.15) is 5.10 Å². The van der Waals surface area contributed by atoms with Crippen LogP contribution >= 0.6 is 23.2 Å². The third-order valence-corrected chi connectivity index (χ3v) is 4.55. The number of hydrazone groups is 1. The Morgan fingerprint density at radius 3 is 2.83 bits per heavy atom. The van der Waals surface area contributed by atoms with Crippen molar-refractivity contribution in [1.82, 2.24) is 10.3 Å². The molecule has 3 rings (SSSR count). The van der Waals surface area contributed by atoms with Crippen LogP contribution in [0.5, 0.6) is 5.75 Å². The molecule has 0 radical (unpaired) electrons. The van der Waals surface area contributed by atoms with E-state index in [1.165, 1.54) is 6.21 Å². The summed E-state index contributed by atoms with van der Waals surface area (Å²) in [5.74, 6) is 0.168. The molecule has 1 atom stereocenters. The van der Waals surface area contributed by atoms with Gasteiger partial charge in [-0.3, -0.25) is 4.79 Å². The minimum absolute atomic E-state index is 0.229. The van der Waals surface area contributed by atoms with E-state index in [1.807, 2.05) is 6.92 Å². The largest absolute Gasteiger partial charge is 0.487 e. The molecule has 1 unspecified atom stereocenters. The van der Waals surface area contributed by atoms with E-state index in [0.29, 0.717) is 27.8 Å². The SMILES string of the molecule is CCC1(C)NC(=O)N(/N=C\C2=Cc3cc(Cl)cc(Cl)c3OC2)C1=O. The number of hydrogen-bond donors (Lipinski definition) is 1. The third kappa shape index (κ3) is 2.87. The molecule has 0 bridgehead atoms. The number of fused-ring (bicyclic) bond motifs is 1. The molecule has 2 aliphatic heterocycles. The number of ether oxygens (including phenoxy) is 1. The fourth-order valence-electron chi connectivity index (χ4n) is 2.46. The Hall–Kier alpha value is -2.05. The van der Waals surface area contributed by atoms with Crippen molar-refractivity contribution in [2.45, 2.75) is 25.8 Å². The quantitative estimate of drug-likeness (QED) is 0.656. The van der Waals surface area contributed by atoms with Gasteiger partial charge in [-0.15, -0.1) is 5.01 Å². The first kappa shape index (κ1) is 16.8. The molecule has 0 saturated carbocycles. The molecule has 126 valence electrons. The number of benzene rings is 1. The van der Waals surface area contributed by atoms with Crippen molar-refractivity contribution in [2.24, 2.45) is 5.10 Å². The molecule has 1 fully saturated rings. The summed E-state index contributed by atoms with van der Waals surface area (Å²) < 4.78 is 5.60. The minimum Gasteiger partial charge on any atom is -0.487 e. The first-order valence-corrected chi connectivity index (χ1v) is 8.13. The molecule has 0 aromatic heterocycles. The Morgan fingerprint density at radius 1 is 1.42 bits per heavy atom. The highest BCUT2D eigenvalue weighted by Gasteiger charge is 2.46.